The molecule has 23 heterocycles. The largest absolute Gasteiger partial charge is 0.394 e. The Morgan fingerprint density at radius 1 is 0.390 bits per heavy atom. The van der Waals surface area contributed by atoms with Crippen molar-refractivity contribution >= 4 is 90.1 Å². The molecule has 2 amide bonds. The van der Waals surface area contributed by atoms with Gasteiger partial charge in [-0.25, -0.2) is 9.97 Å². The van der Waals surface area contributed by atoms with Crippen LogP contribution in [0.2, 0.25) is 0 Å². The van der Waals surface area contributed by atoms with Crippen LogP contribution in [0, 0.1) is 5.92 Å². The van der Waals surface area contributed by atoms with Gasteiger partial charge in [0, 0.05) is 79.3 Å². The van der Waals surface area contributed by atoms with Crippen molar-refractivity contribution in [3.05, 3.63) is 48.8 Å². The lowest BCUT2D eigenvalue weighted by molar-refractivity contribution is -0.395. The van der Waals surface area contributed by atoms with Gasteiger partial charge in [0.2, 0.25) is 11.8 Å². The number of ketones is 2. The van der Waals surface area contributed by atoms with E-state index < -0.39 is 283 Å². The van der Waals surface area contributed by atoms with E-state index in [4.69, 9.17) is 75.8 Å². The first-order chi connectivity index (χ1) is 59.1. The molecule has 0 spiro atoms. The molecule has 21 fully saturated rings. The summed E-state index contributed by atoms with van der Waals surface area (Å²) in [4.78, 5) is 61.3. The molecule has 700 valence electrons. The number of amides is 2. The van der Waals surface area contributed by atoms with Crippen molar-refractivity contribution in [2.75, 3.05) is 114 Å². The van der Waals surface area contributed by atoms with Crippen LogP contribution in [-0.2, 0) is 95.0 Å². The highest BCUT2D eigenvalue weighted by atomic mass is 33.1. The summed E-state index contributed by atoms with van der Waals surface area (Å²) in [5, 5.41) is 231. The van der Waals surface area contributed by atoms with Gasteiger partial charge in [-0.1, -0.05) is 33.7 Å². The predicted molar refractivity (Wildman–Crippen MR) is 428 cm³/mol. The molecule has 0 aliphatic carbocycles. The van der Waals surface area contributed by atoms with Crippen LogP contribution in [0.15, 0.2) is 58.8 Å². The third kappa shape index (κ3) is 27.5. The summed E-state index contributed by atoms with van der Waals surface area (Å²) in [5.41, 5.74) is 0. The maximum Gasteiger partial charge on any atom is 0.238 e. The Labute approximate surface area is 730 Å². The minimum absolute atomic E-state index is 0.0233. The van der Waals surface area contributed by atoms with Crippen LogP contribution in [0.4, 0.5) is 0 Å². The van der Waals surface area contributed by atoms with Gasteiger partial charge in [0.1, 0.15) is 180 Å². The first kappa shape index (κ1) is 102. The van der Waals surface area contributed by atoms with Crippen molar-refractivity contribution in [1.29, 1.82) is 0 Å². The fraction of sp³-hybridized carbons (Fsp3) is 0.808. The second-order valence-electron chi connectivity index (χ2n) is 29.8. The fourth-order valence-corrected chi connectivity index (χ4v) is 20.3. The van der Waals surface area contributed by atoms with E-state index in [0.29, 0.717) is 16.5 Å². The zero-order valence-electron chi connectivity index (χ0n) is 66.6. The third-order valence-electron chi connectivity index (χ3n) is 21.1. The number of hydrogen-bond donors (Lipinski definition) is 22. The van der Waals surface area contributed by atoms with Gasteiger partial charge >= 0.3 is 0 Å². The molecular formula is C73H113N5O39S6. The van der Waals surface area contributed by atoms with Crippen molar-refractivity contribution in [3.8, 4) is 0 Å². The highest BCUT2D eigenvalue weighted by Crippen LogP contribution is 2.41. The van der Waals surface area contributed by atoms with E-state index in [-0.39, 0.29) is 81.8 Å². The summed E-state index contributed by atoms with van der Waals surface area (Å²) in [6.07, 6.45) is -69.3. The molecular weight excluding hydrogens is 1760 g/mol. The Morgan fingerprint density at radius 3 is 0.992 bits per heavy atom. The van der Waals surface area contributed by atoms with Crippen molar-refractivity contribution < 1.29 is 192 Å². The first-order valence-electron chi connectivity index (χ1n) is 39.8. The summed E-state index contributed by atoms with van der Waals surface area (Å²) < 4.78 is 95.5. The van der Waals surface area contributed by atoms with Crippen molar-refractivity contribution in [2.45, 2.75) is 257 Å². The number of carbonyl (C=O) groups excluding carboxylic acids is 4. The van der Waals surface area contributed by atoms with Crippen LogP contribution >= 0.6 is 66.7 Å². The number of aromatic nitrogens is 2. The van der Waals surface area contributed by atoms with Gasteiger partial charge in [-0.3, -0.25) is 19.2 Å². The highest BCUT2D eigenvalue weighted by molar-refractivity contribution is 8.77. The highest BCUT2D eigenvalue weighted by Gasteiger charge is 2.60. The summed E-state index contributed by atoms with van der Waals surface area (Å²) in [6, 6.07) is 9.91. The second kappa shape index (κ2) is 50.8. The number of nitrogens with one attached hydrogen (secondary N) is 3. The van der Waals surface area contributed by atoms with Gasteiger partial charge in [0.05, 0.1) is 83.6 Å². The van der Waals surface area contributed by atoms with E-state index in [0.717, 1.165) is 28.5 Å². The molecule has 0 radical (unpaired) electrons. The number of thioether (sulfide) groups is 2. The third-order valence-corrected chi connectivity index (χ3v) is 28.0. The first-order valence-corrected chi connectivity index (χ1v) is 46.8. The van der Waals surface area contributed by atoms with E-state index in [1.165, 1.54) is 57.1 Å². The quantitative estimate of drug-likeness (QED) is 0.0221. The Hall–Kier alpha value is -2.76. The molecule has 0 aromatic carbocycles. The number of nitrogens with zero attached hydrogens (tertiary/aromatic N) is 2. The average molecular weight is 1880 g/mol. The SMILES string of the molecule is CN[C@H](CSCC1O[C@@H]2O[C@@H]3C(CO)O[C@H](O[C@@H]4C(CO)O[C@H](O[C@@H]5C(CO)O[C@H](O[C@@H]6C(CSC[C@@H](CC(=O)CCOCCOCCC(C)=O)C(=O)NCCSSc7ccccn7)O[C@H](O[C@@H]7C(CO)O[C@@H](O[C@@H]8C(CO)O[C@H](O[C@H]1[C@H](O)C2O)C(O)[C@H]8O)C(O)[C@H]7O)C(O)[C@H]6O)C(O)[C@H]5O)C(O)[C@H]4O)C(O)[C@H]3O)C(=O)NCCSSc1ccccn1. The molecule has 21 aliphatic heterocycles. The number of carbonyl (C=O) groups is 4. The second-order valence-corrected chi connectivity index (χ2v) is 36.8. The number of Topliss-reactive ketones (excluding diaryl/α,β-unsaturated/α-hetero) is 2. The number of aliphatic hydroxyl groups excluding tert-OH is 19. The van der Waals surface area contributed by atoms with Crippen LogP contribution in [0.3, 0.4) is 0 Å². The molecule has 123 heavy (non-hydrogen) atoms. The number of likely N-dealkylation sites (N-methyl/N-ethyl adjacent to an activating group) is 1. The van der Waals surface area contributed by atoms with Crippen LogP contribution in [0.1, 0.15) is 26.2 Å². The molecule has 14 unspecified atom stereocenters. The normalized spacial score (nSPS) is 39.4. The van der Waals surface area contributed by atoms with Crippen LogP contribution in [0.5, 0.6) is 0 Å². The summed E-state index contributed by atoms with van der Waals surface area (Å²) in [5.74, 6) is -2.59. The smallest absolute Gasteiger partial charge is 0.238 e. The number of ether oxygens (including phenoxy) is 16. The van der Waals surface area contributed by atoms with Crippen LogP contribution in [-0.4, -0.2) is 465 Å². The van der Waals surface area contributed by atoms with Crippen molar-refractivity contribution in [3.63, 3.8) is 0 Å². The lowest BCUT2D eigenvalue weighted by atomic mass is 9.95. The maximum absolute atomic E-state index is 14.2. The number of aliphatic hydroxyl groups is 19. The summed E-state index contributed by atoms with van der Waals surface area (Å²) in [6.45, 7) is -3.37. The average Bonchev–Trinajstić information content (AvgIpc) is 0.886. The number of hydrogen-bond acceptors (Lipinski definition) is 48. The van der Waals surface area contributed by atoms with Gasteiger partial charge in [-0.2, -0.15) is 23.5 Å². The lowest BCUT2D eigenvalue weighted by Crippen LogP contribution is -2.68. The topological polar surface area (TPSA) is 662 Å². The minimum atomic E-state index is -2.30. The number of pyridine rings is 2. The standard InChI is InChI=1S/C73H113N5O39S6/c1-31(84)9-15-102-17-18-103-16-10-33(85)21-32(65(100)77-13-19-120-122-42-7-3-5-11-75-42)27-118-29-40-63-49(91)56(98)72(109-40)114-61-38(25-82)105-69(52(94)45(61)87)113-60-37(24-81)108-71(55(97)48(60)90)117-64-41(30-119-28-34(74-2)66(101)78-14-20-121-123-43-8-4-6-12-76-43)110-73(57(99)50(64)92)115-62-39(26-83)106-68(53(95)46(62)88)111-58-35(22-79)104-67(51(93)44(58)86)112-59-36(23-80)107-70(116-63)54(96)47(59)89/h3-8,11-12,32,34-41,44-64,67-74,79-83,86-99H,9-10,13-30H2,1-2H3,(H,77,100)(H,78,101)/t32-,34-,35?,36?,37?,38?,39?,40?,41?,44-,45-,46-,47-,48-,49-,50-,51?,52?,53?,54?,55?,56?,57?,58-,59-,60-,61-,62-,63-,64-,67-,68-,69+,70-,71-,72-,73-/m1/s1. The minimum Gasteiger partial charge on any atom is -0.394 e. The molecule has 22 N–H and O–H groups in total. The van der Waals surface area contributed by atoms with E-state index in [1.54, 1.807) is 30.6 Å². The van der Waals surface area contributed by atoms with E-state index in [9.17, 15) is 116 Å². The molecule has 37 atom stereocenters. The Morgan fingerprint density at radius 2 is 0.691 bits per heavy atom. The van der Waals surface area contributed by atoms with E-state index in [1.807, 2.05) is 18.2 Å². The molecule has 0 saturated carbocycles. The van der Waals surface area contributed by atoms with Gasteiger partial charge in [-0.15, -0.1) is 0 Å². The molecule has 2 aromatic rings. The van der Waals surface area contributed by atoms with Crippen molar-refractivity contribution in [2.24, 2.45) is 5.92 Å². The van der Waals surface area contributed by atoms with Crippen LogP contribution in [0.25, 0.3) is 0 Å². The Balaban J connectivity index is 0.912. The summed E-state index contributed by atoms with van der Waals surface area (Å²) >= 11 is 1.96. The van der Waals surface area contributed by atoms with E-state index in [2.05, 4.69) is 25.9 Å². The molecule has 21 aliphatic rings. The molecule has 50 heteroatoms. The zero-order chi connectivity index (χ0) is 88.7. The van der Waals surface area contributed by atoms with Gasteiger partial charge in [0.25, 0.3) is 0 Å². The maximum atomic E-state index is 14.2. The Bertz CT molecular complexity index is 3460. The summed E-state index contributed by atoms with van der Waals surface area (Å²) in [7, 11) is 7.12. The monoisotopic (exact) mass is 1880 g/mol. The van der Waals surface area contributed by atoms with Gasteiger partial charge < -0.3 is 189 Å². The molecule has 44 nitrogen and oxygen atoms in total. The molecule has 14 bridgehead atoms. The Kier molecular flexibility index (Phi) is 42.2. The van der Waals surface area contributed by atoms with E-state index >= 15 is 0 Å². The van der Waals surface area contributed by atoms with Crippen LogP contribution < -0.4 is 16.0 Å². The van der Waals surface area contributed by atoms with Crippen molar-refractivity contribution in [1.82, 2.24) is 25.9 Å². The molecule has 2 aromatic heterocycles. The number of rotatable bonds is 37. The van der Waals surface area contributed by atoms with Gasteiger partial charge in [0.15, 0.2) is 44.0 Å². The van der Waals surface area contributed by atoms with Gasteiger partial charge in [-0.05, 0) is 59.8 Å². The molecule has 23 rings (SSSR count). The fourth-order valence-electron chi connectivity index (χ4n) is 14.3. The molecule has 21 saturated heterocycles. The zero-order valence-corrected chi connectivity index (χ0v) is 71.5. The lowest BCUT2D eigenvalue weighted by Gasteiger charge is -2.50. The predicted octanol–water partition coefficient (Wildman–Crippen LogP) is -9.28.